The van der Waals surface area contributed by atoms with Gasteiger partial charge in [0.25, 0.3) is 0 Å². The molecule has 1 unspecified atom stereocenters. The van der Waals surface area contributed by atoms with Crippen molar-refractivity contribution in [2.24, 2.45) is 0 Å². The largest absolute Gasteiger partial charge is 0.496 e. The van der Waals surface area contributed by atoms with Crippen LogP contribution in [-0.2, 0) is 15.3 Å². The second kappa shape index (κ2) is 7.22. The number of hydrogen-bond acceptors (Lipinski definition) is 4. The van der Waals surface area contributed by atoms with Gasteiger partial charge < -0.3 is 9.47 Å². The summed E-state index contributed by atoms with van der Waals surface area (Å²) in [6.07, 6.45) is 0.441. The van der Waals surface area contributed by atoms with Crippen LogP contribution in [0.1, 0.15) is 18.9 Å². The molecular formula is C13H18O3S. The van der Waals surface area contributed by atoms with Gasteiger partial charge in [0, 0.05) is 16.6 Å². The first-order valence-electron chi connectivity index (χ1n) is 5.47. The molecule has 1 atom stereocenters. The Morgan fingerprint density at radius 3 is 2.71 bits per heavy atom. The van der Waals surface area contributed by atoms with Crippen molar-refractivity contribution in [1.29, 1.82) is 0 Å². The number of esters is 1. The summed E-state index contributed by atoms with van der Waals surface area (Å²) < 4.78 is 9.92. The molecule has 0 saturated heterocycles. The van der Waals surface area contributed by atoms with E-state index in [-0.39, 0.29) is 11.2 Å². The highest BCUT2D eigenvalue weighted by Crippen LogP contribution is 2.26. The summed E-state index contributed by atoms with van der Waals surface area (Å²) in [6.45, 7) is 2.02. The smallest absolute Gasteiger partial charge is 0.306 e. The van der Waals surface area contributed by atoms with Crippen molar-refractivity contribution < 1.29 is 14.3 Å². The fraction of sp³-hybridized carbons (Fsp3) is 0.462. The first-order valence-corrected chi connectivity index (χ1v) is 6.52. The number of carbonyl (C=O) groups is 1. The lowest BCUT2D eigenvalue weighted by Crippen LogP contribution is -2.08. The van der Waals surface area contributed by atoms with Gasteiger partial charge in [-0.05, 0) is 6.07 Å². The van der Waals surface area contributed by atoms with Crippen LogP contribution in [0.5, 0.6) is 5.75 Å². The van der Waals surface area contributed by atoms with Crippen LogP contribution in [-0.4, -0.2) is 25.4 Å². The molecule has 4 heteroatoms. The predicted molar refractivity (Wildman–Crippen MR) is 70.4 cm³/mol. The van der Waals surface area contributed by atoms with Crippen molar-refractivity contribution in [3.63, 3.8) is 0 Å². The molecule has 0 aliphatic rings. The Labute approximate surface area is 106 Å². The maximum absolute atomic E-state index is 11.1. The Bertz CT molecular complexity index is 365. The molecule has 0 aliphatic heterocycles. The highest BCUT2D eigenvalue weighted by molar-refractivity contribution is 7.99. The average molecular weight is 254 g/mol. The second-order valence-corrected chi connectivity index (χ2v) is 5.14. The second-order valence-electron chi connectivity index (χ2n) is 3.71. The van der Waals surface area contributed by atoms with Gasteiger partial charge in [0.2, 0.25) is 0 Å². The van der Waals surface area contributed by atoms with E-state index in [0.717, 1.165) is 17.1 Å². The van der Waals surface area contributed by atoms with Gasteiger partial charge in [-0.15, -0.1) is 0 Å². The van der Waals surface area contributed by atoms with E-state index < -0.39 is 0 Å². The molecule has 1 aromatic carbocycles. The molecule has 0 N–H and O–H groups in total. The van der Waals surface area contributed by atoms with E-state index in [2.05, 4.69) is 4.74 Å². The number of benzene rings is 1. The third kappa shape index (κ3) is 4.69. The van der Waals surface area contributed by atoms with Crippen LogP contribution in [0.15, 0.2) is 24.3 Å². The quantitative estimate of drug-likeness (QED) is 0.731. The van der Waals surface area contributed by atoms with Gasteiger partial charge in [-0.3, -0.25) is 4.79 Å². The van der Waals surface area contributed by atoms with Crippen molar-refractivity contribution in [3.05, 3.63) is 29.8 Å². The molecule has 0 saturated carbocycles. The first-order chi connectivity index (χ1) is 8.17. The summed E-state index contributed by atoms with van der Waals surface area (Å²) in [6, 6.07) is 7.92. The SMILES string of the molecule is COC(=O)CC(C)SCc1ccccc1OC. The minimum Gasteiger partial charge on any atom is -0.496 e. The minimum absolute atomic E-state index is 0.162. The first kappa shape index (κ1) is 13.9. The van der Waals surface area contributed by atoms with Crippen LogP contribution in [0.2, 0.25) is 0 Å². The molecule has 17 heavy (non-hydrogen) atoms. The molecule has 1 rings (SSSR count). The van der Waals surface area contributed by atoms with E-state index in [1.807, 2.05) is 31.2 Å². The van der Waals surface area contributed by atoms with Gasteiger partial charge >= 0.3 is 5.97 Å². The molecule has 0 amide bonds. The molecule has 0 radical (unpaired) electrons. The number of rotatable bonds is 6. The van der Waals surface area contributed by atoms with Crippen molar-refractivity contribution in [3.8, 4) is 5.75 Å². The Hall–Kier alpha value is -1.16. The van der Waals surface area contributed by atoms with Gasteiger partial charge in [0.15, 0.2) is 0 Å². The summed E-state index contributed by atoms with van der Waals surface area (Å²) in [5.74, 6) is 1.57. The molecule has 0 spiro atoms. The van der Waals surface area contributed by atoms with Crippen LogP contribution in [0.4, 0.5) is 0 Å². The molecule has 3 nitrogen and oxygen atoms in total. The number of ether oxygens (including phenoxy) is 2. The van der Waals surface area contributed by atoms with Crippen LogP contribution in [0.25, 0.3) is 0 Å². The van der Waals surface area contributed by atoms with Crippen LogP contribution in [0, 0.1) is 0 Å². The normalized spacial score (nSPS) is 11.9. The predicted octanol–water partition coefficient (Wildman–Crippen LogP) is 2.88. The zero-order chi connectivity index (χ0) is 12.7. The maximum atomic E-state index is 11.1. The number of carbonyl (C=O) groups excluding carboxylic acids is 1. The monoisotopic (exact) mass is 254 g/mol. The topological polar surface area (TPSA) is 35.5 Å². The van der Waals surface area contributed by atoms with E-state index in [0.29, 0.717) is 6.42 Å². The number of para-hydroxylation sites is 1. The van der Waals surface area contributed by atoms with E-state index in [4.69, 9.17) is 4.74 Å². The summed E-state index contributed by atoms with van der Waals surface area (Å²) in [5.41, 5.74) is 1.15. The van der Waals surface area contributed by atoms with Crippen molar-refractivity contribution in [2.75, 3.05) is 14.2 Å². The molecule has 0 bridgehead atoms. The van der Waals surface area contributed by atoms with Crippen LogP contribution < -0.4 is 4.74 Å². The minimum atomic E-state index is -0.162. The summed E-state index contributed by atoms with van der Waals surface area (Å²) in [4.78, 5) is 11.1. The lowest BCUT2D eigenvalue weighted by atomic mass is 10.2. The average Bonchev–Trinajstić information content (AvgIpc) is 2.36. The Morgan fingerprint density at radius 2 is 2.06 bits per heavy atom. The van der Waals surface area contributed by atoms with Gasteiger partial charge in [-0.2, -0.15) is 11.8 Å². The molecule has 1 aromatic rings. The highest BCUT2D eigenvalue weighted by Gasteiger charge is 2.10. The molecule has 0 heterocycles. The van der Waals surface area contributed by atoms with Crippen molar-refractivity contribution >= 4 is 17.7 Å². The summed E-state index contributed by atoms with van der Waals surface area (Å²) in [7, 11) is 3.08. The number of methoxy groups -OCH3 is 2. The molecular weight excluding hydrogens is 236 g/mol. The highest BCUT2D eigenvalue weighted by atomic mass is 32.2. The standard InChI is InChI=1S/C13H18O3S/c1-10(8-13(14)16-3)17-9-11-6-4-5-7-12(11)15-2/h4-7,10H,8-9H2,1-3H3. The van der Waals surface area contributed by atoms with E-state index in [1.165, 1.54) is 7.11 Å². The maximum Gasteiger partial charge on any atom is 0.306 e. The third-order valence-corrected chi connectivity index (χ3v) is 3.61. The summed E-state index contributed by atoms with van der Waals surface area (Å²) >= 11 is 1.72. The van der Waals surface area contributed by atoms with Gasteiger partial charge in [-0.1, -0.05) is 25.1 Å². The van der Waals surface area contributed by atoms with Crippen molar-refractivity contribution in [1.82, 2.24) is 0 Å². The fourth-order valence-electron chi connectivity index (χ4n) is 1.43. The zero-order valence-electron chi connectivity index (χ0n) is 10.4. The Morgan fingerprint density at radius 1 is 1.35 bits per heavy atom. The lowest BCUT2D eigenvalue weighted by Gasteiger charge is -2.11. The fourth-order valence-corrected chi connectivity index (χ4v) is 2.39. The van der Waals surface area contributed by atoms with E-state index >= 15 is 0 Å². The van der Waals surface area contributed by atoms with Crippen LogP contribution >= 0.6 is 11.8 Å². The number of hydrogen-bond donors (Lipinski definition) is 0. The van der Waals surface area contributed by atoms with E-state index in [1.54, 1.807) is 18.9 Å². The van der Waals surface area contributed by atoms with Gasteiger partial charge in [0.1, 0.15) is 5.75 Å². The molecule has 0 aromatic heterocycles. The van der Waals surface area contributed by atoms with Crippen LogP contribution in [0.3, 0.4) is 0 Å². The zero-order valence-corrected chi connectivity index (χ0v) is 11.3. The number of thioether (sulfide) groups is 1. The molecule has 94 valence electrons. The lowest BCUT2D eigenvalue weighted by molar-refractivity contribution is -0.140. The molecule has 0 aliphatic carbocycles. The third-order valence-electron chi connectivity index (χ3n) is 2.40. The van der Waals surface area contributed by atoms with Gasteiger partial charge in [0.05, 0.1) is 20.6 Å². The Kier molecular flexibility index (Phi) is 5.91. The molecule has 0 fully saturated rings. The van der Waals surface area contributed by atoms with E-state index in [9.17, 15) is 4.79 Å². The summed E-state index contributed by atoms with van der Waals surface area (Å²) in [5, 5.41) is 0.243. The van der Waals surface area contributed by atoms with Gasteiger partial charge in [-0.25, -0.2) is 0 Å². The Balaban J connectivity index is 2.47. The van der Waals surface area contributed by atoms with Crippen molar-refractivity contribution in [2.45, 2.75) is 24.3 Å².